The lowest BCUT2D eigenvalue weighted by Crippen LogP contribution is -2.32. The molecule has 4 heteroatoms. The molecule has 0 spiro atoms. The van der Waals surface area contributed by atoms with E-state index in [2.05, 4.69) is 0 Å². The first kappa shape index (κ1) is 13.3. The Hall–Kier alpha value is 0.300. The van der Waals surface area contributed by atoms with Crippen LogP contribution in [-0.2, 0) is 21.6 Å². The van der Waals surface area contributed by atoms with Crippen LogP contribution in [0.4, 0.5) is 0 Å². The minimum atomic E-state index is -1.01. The van der Waals surface area contributed by atoms with Gasteiger partial charge in [-0.3, -0.25) is 8.42 Å². The molecular weight excluding hydrogens is 204 g/mol. The summed E-state index contributed by atoms with van der Waals surface area (Å²) in [6.45, 7) is 11.4. The Bertz CT molecular complexity index is 197. The van der Waals surface area contributed by atoms with Gasteiger partial charge in [0, 0.05) is 31.1 Å². The molecular formula is C9H20O2S2. The number of rotatable bonds is 2. The van der Waals surface area contributed by atoms with Crippen molar-refractivity contribution >= 4 is 21.6 Å². The molecule has 13 heavy (non-hydrogen) atoms. The van der Waals surface area contributed by atoms with Gasteiger partial charge >= 0.3 is 0 Å². The van der Waals surface area contributed by atoms with E-state index in [1.807, 2.05) is 41.5 Å². The fourth-order valence-electron chi connectivity index (χ4n) is 0.451. The smallest absolute Gasteiger partial charge is 0.100 e. The zero-order chi connectivity index (χ0) is 10.9. The summed E-state index contributed by atoms with van der Waals surface area (Å²) in [5.41, 5.74) is 0. The standard InChI is InChI=1S/C9H20O2S2/c1-8(2,3)12(10)7-13(11)9(4,5)6/h7H2,1-6H3. The van der Waals surface area contributed by atoms with Crippen molar-refractivity contribution in [3.05, 3.63) is 0 Å². The van der Waals surface area contributed by atoms with Crippen LogP contribution in [0, 0.1) is 0 Å². The Morgan fingerprint density at radius 3 is 1.15 bits per heavy atom. The summed E-state index contributed by atoms with van der Waals surface area (Å²) < 4.78 is 22.8. The molecule has 0 N–H and O–H groups in total. The molecule has 0 rings (SSSR count). The van der Waals surface area contributed by atoms with Crippen LogP contribution in [0.1, 0.15) is 41.5 Å². The van der Waals surface area contributed by atoms with E-state index in [1.54, 1.807) is 0 Å². The second kappa shape index (κ2) is 4.22. The number of hydrogen-bond acceptors (Lipinski definition) is 2. The van der Waals surface area contributed by atoms with E-state index in [0.717, 1.165) is 0 Å². The lowest BCUT2D eigenvalue weighted by molar-refractivity contribution is 0.642. The van der Waals surface area contributed by atoms with Crippen molar-refractivity contribution in [2.24, 2.45) is 0 Å². The summed E-state index contributed by atoms with van der Waals surface area (Å²) in [5.74, 6) is 0. The monoisotopic (exact) mass is 224 g/mol. The van der Waals surface area contributed by atoms with Gasteiger partial charge in [-0.15, -0.1) is 0 Å². The molecule has 0 bridgehead atoms. The van der Waals surface area contributed by atoms with Crippen molar-refractivity contribution in [3.8, 4) is 0 Å². The van der Waals surface area contributed by atoms with E-state index >= 15 is 0 Å². The Morgan fingerprint density at radius 2 is 1.00 bits per heavy atom. The highest BCUT2D eigenvalue weighted by atomic mass is 32.2. The van der Waals surface area contributed by atoms with Gasteiger partial charge in [-0.25, -0.2) is 0 Å². The molecule has 0 radical (unpaired) electrons. The summed E-state index contributed by atoms with van der Waals surface area (Å²) in [6.07, 6.45) is 0. The molecule has 2 atom stereocenters. The Kier molecular flexibility index (Phi) is 4.31. The molecule has 0 aliphatic rings. The highest BCUT2D eigenvalue weighted by Gasteiger charge is 2.26. The van der Waals surface area contributed by atoms with Crippen molar-refractivity contribution in [3.63, 3.8) is 0 Å². The molecule has 0 aliphatic carbocycles. The third-order valence-corrected chi connectivity index (χ3v) is 6.02. The van der Waals surface area contributed by atoms with Crippen molar-refractivity contribution in [2.75, 3.05) is 5.08 Å². The molecule has 2 unspecified atom stereocenters. The SMILES string of the molecule is CC(C)(C)S(=O)CS(=O)C(C)(C)C. The van der Waals surface area contributed by atoms with E-state index in [1.165, 1.54) is 0 Å². The van der Waals surface area contributed by atoms with Crippen molar-refractivity contribution in [2.45, 2.75) is 51.0 Å². The molecule has 0 amide bonds. The third kappa shape index (κ3) is 4.91. The predicted molar refractivity (Wildman–Crippen MR) is 60.7 cm³/mol. The zero-order valence-electron chi connectivity index (χ0n) is 9.34. The Labute approximate surface area is 86.4 Å². The highest BCUT2D eigenvalue weighted by molar-refractivity contribution is 8.03. The van der Waals surface area contributed by atoms with E-state index in [9.17, 15) is 8.42 Å². The summed E-state index contributed by atoms with van der Waals surface area (Å²) in [5, 5.41) is 0.285. The summed E-state index contributed by atoms with van der Waals surface area (Å²) in [6, 6.07) is 0. The molecule has 80 valence electrons. The topological polar surface area (TPSA) is 34.1 Å². The van der Waals surface area contributed by atoms with Gasteiger partial charge in [0.05, 0.1) is 0 Å². The molecule has 0 saturated heterocycles. The minimum Gasteiger partial charge on any atom is -0.258 e. The van der Waals surface area contributed by atoms with Crippen molar-refractivity contribution in [1.29, 1.82) is 0 Å². The van der Waals surface area contributed by atoms with Crippen LogP contribution in [0.2, 0.25) is 0 Å². The summed E-state index contributed by atoms with van der Waals surface area (Å²) in [4.78, 5) is 0. The quantitative estimate of drug-likeness (QED) is 0.719. The minimum absolute atomic E-state index is 0.263. The molecule has 0 heterocycles. The summed E-state index contributed by atoms with van der Waals surface area (Å²) >= 11 is 0. The Balaban J connectivity index is 4.34. The lowest BCUT2D eigenvalue weighted by atomic mass is 10.3. The van der Waals surface area contributed by atoms with Crippen LogP contribution in [-0.4, -0.2) is 23.0 Å². The maximum atomic E-state index is 11.6. The maximum Gasteiger partial charge on any atom is 0.100 e. The third-order valence-electron chi connectivity index (χ3n) is 1.58. The van der Waals surface area contributed by atoms with Gasteiger partial charge in [-0.05, 0) is 41.5 Å². The van der Waals surface area contributed by atoms with Crippen LogP contribution in [0.3, 0.4) is 0 Å². The van der Waals surface area contributed by atoms with Gasteiger partial charge in [0.2, 0.25) is 0 Å². The molecule has 2 nitrogen and oxygen atoms in total. The van der Waals surface area contributed by atoms with Gasteiger partial charge in [-0.1, -0.05) is 0 Å². The zero-order valence-corrected chi connectivity index (χ0v) is 11.0. The molecule has 0 aromatic rings. The Morgan fingerprint density at radius 1 is 0.769 bits per heavy atom. The van der Waals surface area contributed by atoms with Crippen molar-refractivity contribution in [1.82, 2.24) is 0 Å². The molecule has 0 fully saturated rings. The van der Waals surface area contributed by atoms with Gasteiger partial charge in [0.1, 0.15) is 5.08 Å². The molecule has 0 aromatic heterocycles. The second-order valence-electron chi connectivity index (χ2n) is 5.03. The van der Waals surface area contributed by atoms with Crippen molar-refractivity contribution < 1.29 is 8.42 Å². The van der Waals surface area contributed by atoms with Gasteiger partial charge in [0.15, 0.2) is 0 Å². The lowest BCUT2D eigenvalue weighted by Gasteiger charge is -2.22. The average molecular weight is 224 g/mol. The predicted octanol–water partition coefficient (Wildman–Crippen LogP) is 2.04. The van der Waals surface area contributed by atoms with E-state index in [-0.39, 0.29) is 14.6 Å². The molecule has 0 aromatic carbocycles. The van der Waals surface area contributed by atoms with Crippen LogP contribution in [0.15, 0.2) is 0 Å². The summed E-state index contributed by atoms with van der Waals surface area (Å²) in [7, 11) is -2.03. The molecule has 0 saturated carbocycles. The largest absolute Gasteiger partial charge is 0.258 e. The van der Waals surface area contributed by atoms with Crippen LogP contribution >= 0.6 is 0 Å². The fraction of sp³-hybridized carbons (Fsp3) is 1.00. The second-order valence-corrected chi connectivity index (χ2v) is 9.81. The van der Waals surface area contributed by atoms with Crippen LogP contribution in [0.25, 0.3) is 0 Å². The van der Waals surface area contributed by atoms with Crippen LogP contribution < -0.4 is 0 Å². The normalized spacial score (nSPS) is 18.3. The average Bonchev–Trinajstić information content (AvgIpc) is 1.82. The maximum absolute atomic E-state index is 11.6. The first-order valence-corrected chi connectivity index (χ1v) is 6.96. The fourth-order valence-corrected chi connectivity index (χ4v) is 4.06. The van der Waals surface area contributed by atoms with E-state index in [0.29, 0.717) is 0 Å². The molecule has 0 aliphatic heterocycles. The highest BCUT2D eigenvalue weighted by Crippen LogP contribution is 2.17. The van der Waals surface area contributed by atoms with Gasteiger partial charge in [-0.2, -0.15) is 0 Å². The van der Waals surface area contributed by atoms with Gasteiger partial charge < -0.3 is 0 Å². The first-order chi connectivity index (χ1) is 5.55. The first-order valence-electron chi connectivity index (χ1n) is 4.32. The van der Waals surface area contributed by atoms with Gasteiger partial charge in [0.25, 0.3) is 0 Å². The van der Waals surface area contributed by atoms with E-state index in [4.69, 9.17) is 0 Å². The number of hydrogen-bond donors (Lipinski definition) is 0. The van der Waals surface area contributed by atoms with E-state index < -0.39 is 21.6 Å². The van der Waals surface area contributed by atoms with Crippen LogP contribution in [0.5, 0.6) is 0 Å².